The minimum atomic E-state index is 0.399. The molecule has 2 aliphatic rings. The van der Waals surface area contributed by atoms with E-state index in [9.17, 15) is 0 Å². The number of hydrogen-bond donors (Lipinski definition) is 1. The summed E-state index contributed by atoms with van der Waals surface area (Å²) in [7, 11) is 0. The molecule has 1 aromatic heterocycles. The number of nitrogens with zero attached hydrogens (tertiary/aromatic N) is 4. The molecule has 5 nitrogen and oxygen atoms in total. The molecule has 2 fully saturated rings. The Balaban J connectivity index is 1.55. The first kappa shape index (κ1) is 17.5. The van der Waals surface area contributed by atoms with Crippen molar-refractivity contribution in [1.82, 2.24) is 15.2 Å². The lowest BCUT2D eigenvalue weighted by molar-refractivity contribution is 0.370. The van der Waals surface area contributed by atoms with E-state index in [1.54, 1.807) is 11.3 Å². The van der Waals surface area contributed by atoms with Crippen LogP contribution in [0.5, 0.6) is 0 Å². The van der Waals surface area contributed by atoms with E-state index in [2.05, 4.69) is 41.3 Å². The summed E-state index contributed by atoms with van der Waals surface area (Å²) in [6, 6.07) is 0. The Kier molecular flexibility index (Phi) is 5.64. The molecule has 2 saturated heterocycles. The van der Waals surface area contributed by atoms with Gasteiger partial charge in [-0.25, -0.2) is 4.98 Å². The van der Waals surface area contributed by atoms with Gasteiger partial charge in [-0.3, -0.25) is 4.99 Å². The highest BCUT2D eigenvalue weighted by Gasteiger charge is 2.30. The Hall–Kier alpha value is -1.30. The molecule has 24 heavy (non-hydrogen) atoms. The molecule has 6 heteroatoms. The Morgan fingerprint density at radius 1 is 1.33 bits per heavy atom. The van der Waals surface area contributed by atoms with Crippen LogP contribution in [0, 0.1) is 5.41 Å². The van der Waals surface area contributed by atoms with Crippen LogP contribution in [0.2, 0.25) is 0 Å². The molecule has 0 unspecified atom stereocenters. The normalized spacial score (nSPS) is 20.9. The summed E-state index contributed by atoms with van der Waals surface area (Å²) in [4.78, 5) is 14.5. The molecule has 0 aromatic carbocycles. The van der Waals surface area contributed by atoms with Gasteiger partial charge >= 0.3 is 0 Å². The average Bonchev–Trinajstić information content (AvgIpc) is 3.26. The minimum Gasteiger partial charge on any atom is -0.357 e. The second-order valence-electron chi connectivity index (χ2n) is 7.64. The smallest absolute Gasteiger partial charge is 0.193 e. The quantitative estimate of drug-likeness (QED) is 0.656. The number of hydrogen-bond acceptors (Lipinski definition) is 4. The number of rotatable bonds is 5. The number of aromatic nitrogens is 1. The van der Waals surface area contributed by atoms with Crippen molar-refractivity contribution >= 4 is 22.4 Å². The van der Waals surface area contributed by atoms with Crippen molar-refractivity contribution in [3.63, 3.8) is 0 Å². The predicted octanol–water partition coefficient (Wildman–Crippen LogP) is 2.98. The van der Waals surface area contributed by atoms with Crippen LogP contribution >= 0.6 is 11.3 Å². The van der Waals surface area contributed by atoms with Gasteiger partial charge < -0.3 is 15.1 Å². The summed E-state index contributed by atoms with van der Waals surface area (Å²) >= 11 is 1.78. The van der Waals surface area contributed by atoms with Crippen LogP contribution in [-0.4, -0.2) is 55.1 Å². The number of thiazole rings is 1. The molecule has 0 saturated carbocycles. The standard InChI is InChI=1S/C18H31N5S/c1-4-19-16(23-12-8-18(2,3)14-23)20-9-7-15-13-24-17(21-15)22-10-5-6-11-22/h13H,4-12,14H2,1-3H3,(H,19,20). The molecule has 1 N–H and O–H groups in total. The average molecular weight is 350 g/mol. The largest absolute Gasteiger partial charge is 0.357 e. The molecule has 134 valence electrons. The molecular formula is C18H31N5S. The first-order valence-electron chi connectivity index (χ1n) is 9.30. The van der Waals surface area contributed by atoms with E-state index >= 15 is 0 Å². The lowest BCUT2D eigenvalue weighted by atomic mass is 9.93. The number of aliphatic imine (C=N–C) groups is 1. The van der Waals surface area contributed by atoms with Gasteiger partial charge in [-0.2, -0.15) is 0 Å². The Morgan fingerprint density at radius 2 is 2.12 bits per heavy atom. The van der Waals surface area contributed by atoms with Crippen LogP contribution < -0.4 is 10.2 Å². The van der Waals surface area contributed by atoms with Crippen LogP contribution in [0.4, 0.5) is 5.13 Å². The monoisotopic (exact) mass is 349 g/mol. The van der Waals surface area contributed by atoms with Crippen molar-refractivity contribution in [3.05, 3.63) is 11.1 Å². The number of likely N-dealkylation sites (tertiary alicyclic amines) is 1. The van der Waals surface area contributed by atoms with Gasteiger partial charge in [-0.1, -0.05) is 13.8 Å². The fourth-order valence-corrected chi connectivity index (χ4v) is 4.37. The molecule has 0 aliphatic carbocycles. The van der Waals surface area contributed by atoms with Crippen LogP contribution in [0.15, 0.2) is 10.4 Å². The third-order valence-corrected chi connectivity index (χ3v) is 5.81. The summed E-state index contributed by atoms with van der Waals surface area (Å²) in [5, 5.41) is 6.85. The van der Waals surface area contributed by atoms with E-state index in [4.69, 9.17) is 9.98 Å². The molecule has 0 bridgehead atoms. The zero-order valence-electron chi connectivity index (χ0n) is 15.3. The van der Waals surface area contributed by atoms with Crippen LogP contribution in [0.1, 0.15) is 45.7 Å². The molecule has 2 aliphatic heterocycles. The van der Waals surface area contributed by atoms with Gasteiger partial charge in [0, 0.05) is 51.1 Å². The molecule has 0 amide bonds. The van der Waals surface area contributed by atoms with E-state index in [0.717, 1.165) is 38.6 Å². The van der Waals surface area contributed by atoms with E-state index < -0.39 is 0 Å². The second-order valence-corrected chi connectivity index (χ2v) is 8.47. The Labute approximate surface area is 150 Å². The van der Waals surface area contributed by atoms with Crippen molar-refractivity contribution in [2.45, 2.75) is 46.5 Å². The SMILES string of the molecule is CCNC(=NCCc1csc(N2CCCC2)n1)N1CCC(C)(C)C1. The summed E-state index contributed by atoms with van der Waals surface area (Å²) < 4.78 is 0. The van der Waals surface area contributed by atoms with Crippen molar-refractivity contribution in [2.24, 2.45) is 10.4 Å². The van der Waals surface area contributed by atoms with Crippen molar-refractivity contribution < 1.29 is 0 Å². The van der Waals surface area contributed by atoms with Gasteiger partial charge in [0.2, 0.25) is 0 Å². The van der Waals surface area contributed by atoms with Crippen molar-refractivity contribution in [3.8, 4) is 0 Å². The first-order valence-corrected chi connectivity index (χ1v) is 10.2. The second kappa shape index (κ2) is 7.72. The third kappa shape index (κ3) is 4.41. The van der Waals surface area contributed by atoms with E-state index in [1.165, 1.54) is 43.2 Å². The lowest BCUT2D eigenvalue weighted by Gasteiger charge is -2.23. The third-order valence-electron chi connectivity index (χ3n) is 4.86. The number of guanidine groups is 1. The summed E-state index contributed by atoms with van der Waals surface area (Å²) in [5.41, 5.74) is 1.58. The van der Waals surface area contributed by atoms with Crippen LogP contribution in [-0.2, 0) is 6.42 Å². The van der Waals surface area contributed by atoms with Gasteiger partial charge in [-0.15, -0.1) is 11.3 Å². The highest BCUT2D eigenvalue weighted by Crippen LogP contribution is 2.28. The molecular weight excluding hydrogens is 318 g/mol. The van der Waals surface area contributed by atoms with E-state index in [-0.39, 0.29) is 0 Å². The predicted molar refractivity (Wildman–Crippen MR) is 103 cm³/mol. The minimum absolute atomic E-state index is 0.399. The van der Waals surface area contributed by atoms with Crippen molar-refractivity contribution in [1.29, 1.82) is 0 Å². The van der Waals surface area contributed by atoms with Gasteiger partial charge in [-0.05, 0) is 31.6 Å². The van der Waals surface area contributed by atoms with E-state index in [0.29, 0.717) is 5.41 Å². The fourth-order valence-electron chi connectivity index (χ4n) is 3.46. The lowest BCUT2D eigenvalue weighted by Crippen LogP contribution is -2.40. The maximum Gasteiger partial charge on any atom is 0.193 e. The Bertz CT molecular complexity index is 560. The maximum absolute atomic E-state index is 4.85. The molecule has 3 rings (SSSR count). The highest BCUT2D eigenvalue weighted by atomic mass is 32.1. The summed E-state index contributed by atoms with van der Waals surface area (Å²) in [6.45, 7) is 13.1. The zero-order valence-corrected chi connectivity index (χ0v) is 16.2. The highest BCUT2D eigenvalue weighted by molar-refractivity contribution is 7.13. The topological polar surface area (TPSA) is 43.8 Å². The van der Waals surface area contributed by atoms with Gasteiger partial charge in [0.25, 0.3) is 0 Å². The van der Waals surface area contributed by atoms with Gasteiger partial charge in [0.15, 0.2) is 11.1 Å². The molecule has 0 atom stereocenters. The maximum atomic E-state index is 4.85. The molecule has 0 radical (unpaired) electrons. The Morgan fingerprint density at radius 3 is 2.79 bits per heavy atom. The molecule has 0 spiro atoms. The summed E-state index contributed by atoms with van der Waals surface area (Å²) in [5.74, 6) is 1.07. The first-order chi connectivity index (χ1) is 11.6. The van der Waals surface area contributed by atoms with Crippen molar-refractivity contribution in [2.75, 3.05) is 44.2 Å². The summed E-state index contributed by atoms with van der Waals surface area (Å²) in [6.07, 6.45) is 4.77. The van der Waals surface area contributed by atoms with Crippen LogP contribution in [0.3, 0.4) is 0 Å². The van der Waals surface area contributed by atoms with Gasteiger partial charge in [0.1, 0.15) is 0 Å². The fraction of sp³-hybridized carbons (Fsp3) is 0.778. The number of nitrogens with one attached hydrogen (secondary N) is 1. The molecule has 1 aromatic rings. The zero-order chi connectivity index (χ0) is 17.0. The van der Waals surface area contributed by atoms with E-state index in [1.807, 2.05) is 0 Å². The molecule has 3 heterocycles. The van der Waals surface area contributed by atoms with Gasteiger partial charge in [0.05, 0.1) is 5.69 Å². The number of anilines is 1. The van der Waals surface area contributed by atoms with Crippen LogP contribution in [0.25, 0.3) is 0 Å².